The fourth-order valence-electron chi connectivity index (χ4n) is 2.77. The van der Waals surface area contributed by atoms with E-state index in [1.54, 1.807) is 0 Å². The number of hydrogen-bond acceptors (Lipinski definition) is 3. The molecule has 0 aliphatic heterocycles. The highest BCUT2D eigenvalue weighted by atomic mass is 19.1. The number of benzene rings is 1. The van der Waals surface area contributed by atoms with Gasteiger partial charge in [0.15, 0.2) is 0 Å². The predicted octanol–water partition coefficient (Wildman–Crippen LogP) is 3.43. The molecule has 1 aliphatic rings. The van der Waals surface area contributed by atoms with Crippen molar-refractivity contribution in [2.75, 3.05) is 6.54 Å². The molecule has 1 aromatic carbocycles. The summed E-state index contributed by atoms with van der Waals surface area (Å²) in [7, 11) is 0. The van der Waals surface area contributed by atoms with Gasteiger partial charge in [-0.2, -0.15) is 4.39 Å². The molecule has 0 saturated heterocycles. The summed E-state index contributed by atoms with van der Waals surface area (Å²) < 4.78 is 13.5. The lowest BCUT2D eigenvalue weighted by molar-refractivity contribution is -0.387. The highest BCUT2D eigenvalue weighted by Crippen LogP contribution is 2.35. The zero-order valence-corrected chi connectivity index (χ0v) is 12.0. The molecule has 0 heterocycles. The van der Waals surface area contributed by atoms with E-state index in [2.05, 4.69) is 12.2 Å². The Balaban J connectivity index is 2.00. The van der Waals surface area contributed by atoms with Gasteiger partial charge in [-0.05, 0) is 30.4 Å². The quantitative estimate of drug-likeness (QED) is 0.683. The standard InChI is InChI=1S/C15H19FN2O3/c1-15(7-3-2-4-8-15)10-17-14(19)11-5-6-13(18(20)21)12(16)9-11/h5-6,9H,2-4,7-8,10H2,1H3,(H,17,19). The smallest absolute Gasteiger partial charge is 0.304 e. The molecular formula is C15H19FN2O3. The fourth-order valence-corrected chi connectivity index (χ4v) is 2.77. The lowest BCUT2D eigenvalue weighted by Gasteiger charge is -2.33. The second-order valence-corrected chi connectivity index (χ2v) is 5.98. The third kappa shape index (κ3) is 3.77. The SMILES string of the molecule is CC1(CNC(=O)c2ccc([N+](=O)[O-])c(F)c2)CCCCC1. The summed E-state index contributed by atoms with van der Waals surface area (Å²) in [6.45, 7) is 2.69. The number of nitrogens with zero attached hydrogens (tertiary/aromatic N) is 1. The van der Waals surface area contributed by atoms with Crippen molar-refractivity contribution in [2.24, 2.45) is 5.41 Å². The third-order valence-corrected chi connectivity index (χ3v) is 4.14. The average Bonchev–Trinajstić information content (AvgIpc) is 2.45. The Morgan fingerprint density at radius 1 is 1.38 bits per heavy atom. The molecule has 0 bridgehead atoms. The number of nitro benzene ring substituents is 1. The van der Waals surface area contributed by atoms with E-state index in [9.17, 15) is 19.3 Å². The Morgan fingerprint density at radius 2 is 2.05 bits per heavy atom. The van der Waals surface area contributed by atoms with Gasteiger partial charge in [-0.1, -0.05) is 26.2 Å². The number of carbonyl (C=O) groups excluding carboxylic acids is 1. The summed E-state index contributed by atoms with van der Waals surface area (Å²) >= 11 is 0. The first kappa shape index (κ1) is 15.4. The first-order chi connectivity index (χ1) is 9.91. The number of rotatable bonds is 4. The Morgan fingerprint density at radius 3 is 2.62 bits per heavy atom. The van der Waals surface area contributed by atoms with Crippen molar-refractivity contribution in [1.82, 2.24) is 5.32 Å². The second kappa shape index (κ2) is 6.20. The second-order valence-electron chi connectivity index (χ2n) is 5.98. The van der Waals surface area contributed by atoms with E-state index in [-0.39, 0.29) is 11.0 Å². The number of carbonyl (C=O) groups is 1. The van der Waals surface area contributed by atoms with E-state index in [1.807, 2.05) is 0 Å². The maximum Gasteiger partial charge on any atom is 0.304 e. The molecule has 0 atom stereocenters. The Bertz CT molecular complexity index is 554. The van der Waals surface area contributed by atoms with Crippen LogP contribution in [0.25, 0.3) is 0 Å². The van der Waals surface area contributed by atoms with Crippen molar-refractivity contribution in [2.45, 2.75) is 39.0 Å². The largest absolute Gasteiger partial charge is 0.351 e. The van der Waals surface area contributed by atoms with Crippen LogP contribution in [0, 0.1) is 21.3 Å². The van der Waals surface area contributed by atoms with Gasteiger partial charge in [-0.25, -0.2) is 0 Å². The zero-order valence-electron chi connectivity index (χ0n) is 12.0. The van der Waals surface area contributed by atoms with Gasteiger partial charge in [0.2, 0.25) is 5.82 Å². The molecule has 1 fully saturated rings. The van der Waals surface area contributed by atoms with Gasteiger partial charge < -0.3 is 5.32 Å². The normalized spacial score (nSPS) is 17.2. The highest BCUT2D eigenvalue weighted by molar-refractivity contribution is 5.94. The van der Waals surface area contributed by atoms with Gasteiger partial charge in [0, 0.05) is 18.2 Å². The number of halogens is 1. The summed E-state index contributed by atoms with van der Waals surface area (Å²) in [5, 5.41) is 13.4. The number of hydrogen-bond donors (Lipinski definition) is 1. The molecule has 6 heteroatoms. The number of nitro groups is 1. The monoisotopic (exact) mass is 294 g/mol. The van der Waals surface area contributed by atoms with Gasteiger partial charge in [0.05, 0.1) is 4.92 Å². The van der Waals surface area contributed by atoms with Crippen LogP contribution in [0.5, 0.6) is 0 Å². The summed E-state index contributed by atoms with van der Waals surface area (Å²) in [5.74, 6) is -1.38. The first-order valence-corrected chi connectivity index (χ1v) is 7.13. The molecule has 0 radical (unpaired) electrons. The summed E-state index contributed by atoms with van der Waals surface area (Å²) in [6.07, 6.45) is 5.71. The van der Waals surface area contributed by atoms with Gasteiger partial charge in [-0.15, -0.1) is 0 Å². The van der Waals surface area contributed by atoms with E-state index < -0.39 is 22.3 Å². The Kier molecular flexibility index (Phi) is 4.55. The van der Waals surface area contributed by atoms with Crippen molar-refractivity contribution in [3.05, 3.63) is 39.7 Å². The molecular weight excluding hydrogens is 275 g/mol. The minimum absolute atomic E-state index is 0.0905. The molecule has 1 saturated carbocycles. The number of amides is 1. The predicted molar refractivity (Wildman–Crippen MR) is 76.6 cm³/mol. The van der Waals surface area contributed by atoms with Crippen LogP contribution in [0.3, 0.4) is 0 Å². The van der Waals surface area contributed by atoms with E-state index in [0.29, 0.717) is 6.54 Å². The maximum atomic E-state index is 13.5. The van der Waals surface area contributed by atoms with Gasteiger partial charge in [0.1, 0.15) is 0 Å². The summed E-state index contributed by atoms with van der Waals surface area (Å²) in [4.78, 5) is 21.8. The molecule has 5 nitrogen and oxygen atoms in total. The van der Waals surface area contributed by atoms with Crippen molar-refractivity contribution < 1.29 is 14.1 Å². The van der Waals surface area contributed by atoms with Crippen molar-refractivity contribution in [1.29, 1.82) is 0 Å². The molecule has 1 aromatic rings. The third-order valence-electron chi connectivity index (χ3n) is 4.14. The maximum absolute atomic E-state index is 13.5. The van der Waals surface area contributed by atoms with E-state index in [1.165, 1.54) is 25.3 Å². The van der Waals surface area contributed by atoms with Crippen LogP contribution in [-0.2, 0) is 0 Å². The molecule has 114 valence electrons. The molecule has 0 aromatic heterocycles. The summed E-state index contributed by atoms with van der Waals surface area (Å²) in [6, 6.07) is 3.21. The minimum atomic E-state index is -0.989. The molecule has 1 N–H and O–H groups in total. The minimum Gasteiger partial charge on any atom is -0.351 e. The lowest BCUT2D eigenvalue weighted by Crippen LogP contribution is -2.37. The van der Waals surface area contributed by atoms with E-state index in [4.69, 9.17) is 0 Å². The molecule has 1 aliphatic carbocycles. The average molecular weight is 294 g/mol. The first-order valence-electron chi connectivity index (χ1n) is 7.13. The van der Waals surface area contributed by atoms with Crippen LogP contribution in [0.1, 0.15) is 49.4 Å². The van der Waals surface area contributed by atoms with E-state index in [0.717, 1.165) is 25.0 Å². The lowest BCUT2D eigenvalue weighted by atomic mass is 9.76. The topological polar surface area (TPSA) is 72.2 Å². The van der Waals surface area contributed by atoms with Crippen LogP contribution in [0.4, 0.5) is 10.1 Å². The molecule has 1 amide bonds. The van der Waals surface area contributed by atoms with Crippen molar-refractivity contribution in [3.8, 4) is 0 Å². The van der Waals surface area contributed by atoms with Crippen molar-refractivity contribution >= 4 is 11.6 Å². The van der Waals surface area contributed by atoms with Gasteiger partial charge in [0.25, 0.3) is 5.91 Å². The highest BCUT2D eigenvalue weighted by Gasteiger charge is 2.27. The Labute approximate surface area is 122 Å². The van der Waals surface area contributed by atoms with Crippen molar-refractivity contribution in [3.63, 3.8) is 0 Å². The molecule has 0 unspecified atom stereocenters. The molecule has 0 spiro atoms. The zero-order chi connectivity index (χ0) is 15.5. The van der Waals surface area contributed by atoms with Crippen LogP contribution < -0.4 is 5.32 Å². The van der Waals surface area contributed by atoms with Crippen LogP contribution in [0.15, 0.2) is 18.2 Å². The number of nitrogens with one attached hydrogen (secondary N) is 1. The molecule has 2 rings (SSSR count). The van der Waals surface area contributed by atoms with Crippen LogP contribution in [-0.4, -0.2) is 17.4 Å². The summed E-state index contributed by atoms with van der Waals surface area (Å²) in [5.41, 5.74) is -0.420. The molecule has 21 heavy (non-hydrogen) atoms. The van der Waals surface area contributed by atoms with Crippen LogP contribution in [0.2, 0.25) is 0 Å². The van der Waals surface area contributed by atoms with Gasteiger partial charge >= 0.3 is 5.69 Å². The van der Waals surface area contributed by atoms with E-state index >= 15 is 0 Å². The fraction of sp³-hybridized carbons (Fsp3) is 0.533. The Hall–Kier alpha value is -1.98. The van der Waals surface area contributed by atoms with Gasteiger partial charge in [-0.3, -0.25) is 14.9 Å². The van der Waals surface area contributed by atoms with Crippen LogP contribution >= 0.6 is 0 Å².